The monoisotopic (exact) mass is 519 g/mol. The Bertz CT molecular complexity index is 1130. The number of carbonyl (C=O) groups excluding carboxylic acids is 2. The fraction of sp³-hybridized carbons (Fsp3) is 0.548. The van der Waals surface area contributed by atoms with Crippen LogP contribution in [0.1, 0.15) is 69.4 Å². The molecule has 1 saturated heterocycles. The van der Waals surface area contributed by atoms with Gasteiger partial charge in [-0.1, -0.05) is 51.0 Å². The number of hydrogen-bond donors (Lipinski definition) is 0. The van der Waals surface area contributed by atoms with E-state index in [0.29, 0.717) is 25.4 Å². The number of hydrogen-bond acceptors (Lipinski definition) is 5. The molecule has 2 aromatic carbocycles. The first-order valence-electron chi connectivity index (χ1n) is 14.4. The molecule has 0 saturated carbocycles. The third kappa shape index (κ3) is 5.83. The Morgan fingerprint density at radius 2 is 1.79 bits per heavy atom. The third-order valence-electron chi connectivity index (χ3n) is 8.26. The highest BCUT2D eigenvalue weighted by Crippen LogP contribution is 2.39. The molecule has 204 valence electrons. The number of benzene rings is 2. The van der Waals surface area contributed by atoms with Crippen LogP contribution in [-0.2, 0) is 16.0 Å². The first-order valence-corrected chi connectivity index (χ1v) is 14.4. The number of rotatable bonds is 12. The zero-order valence-corrected chi connectivity index (χ0v) is 22.9. The molecule has 2 atom stereocenters. The Morgan fingerprint density at radius 3 is 2.58 bits per heavy atom. The van der Waals surface area contributed by atoms with E-state index in [9.17, 15) is 9.59 Å². The Labute approximate surface area is 226 Å². The molecule has 0 aromatic heterocycles. The fourth-order valence-electron chi connectivity index (χ4n) is 6.06. The number of unbranched alkanes of at least 4 members (excludes halogenated alkanes) is 2. The summed E-state index contributed by atoms with van der Waals surface area (Å²) in [4.78, 5) is 32.7. The van der Waals surface area contributed by atoms with Crippen molar-refractivity contribution in [3.05, 3.63) is 53.6 Å². The van der Waals surface area contributed by atoms with E-state index in [1.807, 2.05) is 35.2 Å². The van der Waals surface area contributed by atoms with Crippen LogP contribution >= 0.6 is 0 Å². The van der Waals surface area contributed by atoms with Crippen LogP contribution in [-0.4, -0.2) is 67.2 Å². The highest BCUT2D eigenvalue weighted by Gasteiger charge is 2.36. The maximum Gasteiger partial charge on any atom is 0.236 e. The van der Waals surface area contributed by atoms with E-state index in [2.05, 4.69) is 35.8 Å². The summed E-state index contributed by atoms with van der Waals surface area (Å²) in [6, 6.07) is 14.6. The number of amides is 2. The van der Waals surface area contributed by atoms with Crippen molar-refractivity contribution in [2.24, 2.45) is 0 Å². The number of anilines is 1. The van der Waals surface area contributed by atoms with Crippen molar-refractivity contribution in [1.82, 2.24) is 9.80 Å². The van der Waals surface area contributed by atoms with Gasteiger partial charge in [0.25, 0.3) is 0 Å². The second-order valence-electron chi connectivity index (χ2n) is 10.9. The molecule has 3 aliphatic heterocycles. The van der Waals surface area contributed by atoms with Gasteiger partial charge in [-0.15, -0.1) is 0 Å². The summed E-state index contributed by atoms with van der Waals surface area (Å²) >= 11 is 0. The minimum Gasteiger partial charge on any atom is -0.454 e. The van der Waals surface area contributed by atoms with E-state index in [0.717, 1.165) is 80.9 Å². The molecule has 2 unspecified atom stereocenters. The van der Waals surface area contributed by atoms with Gasteiger partial charge in [0.2, 0.25) is 18.6 Å². The summed E-state index contributed by atoms with van der Waals surface area (Å²) < 4.78 is 11.2. The topological polar surface area (TPSA) is 62.3 Å². The summed E-state index contributed by atoms with van der Waals surface area (Å²) in [6.07, 6.45) is 6.52. The zero-order chi connectivity index (χ0) is 26.5. The first kappa shape index (κ1) is 26.5. The van der Waals surface area contributed by atoms with E-state index in [-0.39, 0.29) is 24.6 Å². The summed E-state index contributed by atoms with van der Waals surface area (Å²) in [6.45, 7) is 8.22. The lowest BCUT2D eigenvalue weighted by molar-refractivity contribution is -0.133. The molecular formula is C31H41N3O4. The molecule has 3 aliphatic rings. The van der Waals surface area contributed by atoms with Crippen molar-refractivity contribution in [3.63, 3.8) is 0 Å². The highest BCUT2D eigenvalue weighted by atomic mass is 16.7. The van der Waals surface area contributed by atoms with Gasteiger partial charge < -0.3 is 19.3 Å². The van der Waals surface area contributed by atoms with Crippen LogP contribution in [0.3, 0.4) is 0 Å². The van der Waals surface area contributed by atoms with Gasteiger partial charge in [0.15, 0.2) is 11.5 Å². The molecule has 7 heteroatoms. The predicted molar refractivity (Wildman–Crippen MR) is 149 cm³/mol. The van der Waals surface area contributed by atoms with Crippen LogP contribution in [0.15, 0.2) is 42.5 Å². The fourth-order valence-corrected chi connectivity index (χ4v) is 6.06. The number of nitrogens with zero attached hydrogens (tertiary/aromatic N) is 3. The SMILES string of the molecule is CCCCN(CCCC)C(=O)CN1CC(c2ccc3c(c2)OCO3)CC1CCN1C(=O)Cc2ccccc21. The number of likely N-dealkylation sites (tertiary alicyclic amines) is 1. The van der Waals surface area contributed by atoms with Crippen molar-refractivity contribution in [2.45, 2.75) is 70.8 Å². The maximum absolute atomic E-state index is 13.5. The maximum atomic E-state index is 13.5. The van der Waals surface area contributed by atoms with Crippen molar-refractivity contribution < 1.29 is 19.1 Å². The van der Waals surface area contributed by atoms with Crippen LogP contribution in [0.25, 0.3) is 0 Å². The van der Waals surface area contributed by atoms with Crippen molar-refractivity contribution in [2.75, 3.05) is 44.4 Å². The molecule has 38 heavy (non-hydrogen) atoms. The molecule has 0 N–H and O–H groups in total. The molecule has 7 nitrogen and oxygen atoms in total. The van der Waals surface area contributed by atoms with Crippen LogP contribution in [0.5, 0.6) is 11.5 Å². The molecule has 0 bridgehead atoms. The number of para-hydroxylation sites is 1. The predicted octanol–water partition coefficient (Wildman–Crippen LogP) is 4.98. The van der Waals surface area contributed by atoms with Crippen molar-refractivity contribution in [1.29, 1.82) is 0 Å². The number of carbonyl (C=O) groups is 2. The lowest BCUT2D eigenvalue weighted by Crippen LogP contribution is -2.44. The summed E-state index contributed by atoms with van der Waals surface area (Å²) in [5, 5.41) is 0. The molecule has 5 rings (SSSR count). The third-order valence-corrected chi connectivity index (χ3v) is 8.26. The highest BCUT2D eigenvalue weighted by molar-refractivity contribution is 6.01. The minimum absolute atomic E-state index is 0.171. The Hall–Kier alpha value is -3.06. The lowest BCUT2D eigenvalue weighted by Gasteiger charge is -2.29. The number of fused-ring (bicyclic) bond motifs is 2. The first-order chi connectivity index (χ1) is 18.6. The van der Waals surface area contributed by atoms with Crippen LogP contribution in [0.4, 0.5) is 5.69 Å². The van der Waals surface area contributed by atoms with Gasteiger partial charge in [0.1, 0.15) is 0 Å². The van der Waals surface area contributed by atoms with Crippen molar-refractivity contribution in [3.8, 4) is 11.5 Å². The summed E-state index contributed by atoms with van der Waals surface area (Å²) in [5.41, 5.74) is 3.37. The second kappa shape index (κ2) is 12.2. The molecule has 2 amide bonds. The van der Waals surface area contributed by atoms with Gasteiger partial charge in [0, 0.05) is 37.9 Å². The standard InChI is InChI=1S/C31H41N3O4/c1-3-5-14-32(15-6-4-2)31(36)21-33-20-25(23-11-12-28-29(18-23)38-22-37-28)17-26(33)13-16-34-27-10-8-7-9-24(27)19-30(34)35/h7-12,18,25-26H,3-6,13-17,19-22H2,1-2H3. The summed E-state index contributed by atoms with van der Waals surface area (Å²) in [5.74, 6) is 2.31. The van der Waals surface area contributed by atoms with E-state index in [4.69, 9.17) is 9.47 Å². The van der Waals surface area contributed by atoms with E-state index >= 15 is 0 Å². The average Bonchev–Trinajstić information content (AvgIpc) is 3.63. The van der Waals surface area contributed by atoms with Crippen molar-refractivity contribution >= 4 is 17.5 Å². The second-order valence-corrected chi connectivity index (χ2v) is 10.9. The molecule has 1 fully saturated rings. The normalized spacial score (nSPS) is 20.3. The quantitative estimate of drug-likeness (QED) is 0.396. The Balaban J connectivity index is 1.31. The molecule has 0 spiro atoms. The van der Waals surface area contributed by atoms with E-state index in [1.54, 1.807) is 0 Å². The van der Waals surface area contributed by atoms with Crippen LogP contribution in [0.2, 0.25) is 0 Å². The molecule has 0 radical (unpaired) electrons. The Kier molecular flexibility index (Phi) is 8.52. The van der Waals surface area contributed by atoms with Crippen LogP contribution in [0, 0.1) is 0 Å². The van der Waals surface area contributed by atoms with Gasteiger partial charge in [-0.3, -0.25) is 14.5 Å². The van der Waals surface area contributed by atoms with Gasteiger partial charge in [-0.2, -0.15) is 0 Å². The van der Waals surface area contributed by atoms with Gasteiger partial charge >= 0.3 is 0 Å². The van der Waals surface area contributed by atoms with Gasteiger partial charge in [-0.25, -0.2) is 0 Å². The van der Waals surface area contributed by atoms with E-state index < -0.39 is 0 Å². The summed E-state index contributed by atoms with van der Waals surface area (Å²) in [7, 11) is 0. The minimum atomic E-state index is 0.171. The lowest BCUT2D eigenvalue weighted by atomic mass is 9.95. The molecule has 3 heterocycles. The van der Waals surface area contributed by atoms with E-state index in [1.165, 1.54) is 5.56 Å². The molecular weight excluding hydrogens is 478 g/mol. The smallest absolute Gasteiger partial charge is 0.236 e. The van der Waals surface area contributed by atoms with Crippen LogP contribution < -0.4 is 14.4 Å². The molecule has 2 aromatic rings. The largest absolute Gasteiger partial charge is 0.454 e. The van der Waals surface area contributed by atoms with Gasteiger partial charge in [0.05, 0.1) is 13.0 Å². The zero-order valence-electron chi connectivity index (χ0n) is 22.9. The number of ether oxygens (including phenoxy) is 2. The molecule has 0 aliphatic carbocycles. The Morgan fingerprint density at radius 1 is 1.03 bits per heavy atom. The average molecular weight is 520 g/mol. The van der Waals surface area contributed by atoms with Gasteiger partial charge in [-0.05, 0) is 60.9 Å².